The summed E-state index contributed by atoms with van der Waals surface area (Å²) >= 11 is 18.8. The molecule has 6 aromatic rings. The number of aliphatic carboxylic acids is 3. The average molecular weight is 1870 g/mol. The van der Waals surface area contributed by atoms with Gasteiger partial charge in [-0.3, -0.25) is 14.4 Å². The van der Waals surface area contributed by atoms with Gasteiger partial charge in [0.15, 0.2) is 17.2 Å². The van der Waals surface area contributed by atoms with Crippen molar-refractivity contribution in [3.8, 4) is 51.7 Å². The van der Waals surface area contributed by atoms with E-state index >= 15 is 0 Å². The fourth-order valence-electron chi connectivity index (χ4n) is 4.97. The fraction of sp³-hybridized carbons (Fsp3) is 0.0714. The zero-order valence-electron chi connectivity index (χ0n) is 31.3. The van der Waals surface area contributed by atoms with E-state index in [0.717, 1.165) is 38.1 Å². The van der Waals surface area contributed by atoms with Crippen LogP contribution >= 0.6 is 203 Å². The summed E-state index contributed by atoms with van der Waals surface area (Å²) in [7, 11) is 0. The molecule has 0 aliphatic rings. The van der Waals surface area contributed by atoms with Crippen molar-refractivity contribution in [2.75, 3.05) is 0 Å². The number of carbonyl (C=O) groups is 3. The summed E-state index contributed by atoms with van der Waals surface area (Å²) in [5.41, 5.74) is 2.22. The Bertz CT molecular complexity index is 2320. The van der Waals surface area contributed by atoms with Crippen molar-refractivity contribution in [2.45, 2.75) is 19.3 Å². The molecule has 0 bridgehead atoms. The quantitative estimate of drug-likeness (QED) is 0.0635. The first-order valence-corrected chi connectivity index (χ1v) is 26.9. The van der Waals surface area contributed by atoms with E-state index in [1.54, 1.807) is 91.0 Å². The average Bonchev–Trinajstić information content (AvgIpc) is 3.17. The van der Waals surface area contributed by atoms with E-state index in [2.05, 4.69) is 136 Å². The summed E-state index contributed by atoms with van der Waals surface area (Å²) in [5.74, 6) is 2.00. The zero-order valence-corrected chi connectivity index (χ0v) is 50.7. The van der Waals surface area contributed by atoms with E-state index in [9.17, 15) is 29.7 Å². The minimum absolute atomic E-state index is 0.0105. The van der Waals surface area contributed by atoms with Crippen molar-refractivity contribution in [1.29, 1.82) is 0 Å². The molecule has 0 radical (unpaired) electrons. The molecule has 0 amide bonds. The lowest BCUT2D eigenvalue weighted by atomic mass is 10.1. The molecule has 0 aliphatic heterocycles. The lowest BCUT2D eigenvalue weighted by molar-refractivity contribution is -0.137. The van der Waals surface area contributed by atoms with Crippen LogP contribution in [0.15, 0.2) is 91.0 Å². The third-order valence-electron chi connectivity index (χ3n) is 7.66. The topological polar surface area (TPSA) is 200 Å². The first kappa shape index (κ1) is 54.7. The molecule has 63 heavy (non-hydrogen) atoms. The number of hydrogen-bond donors (Lipinski definition) is 6. The molecule has 0 saturated heterocycles. The Kier molecular flexibility index (Phi) is 22.6. The summed E-state index contributed by atoms with van der Waals surface area (Å²) in [5, 5.41) is 55.1. The van der Waals surface area contributed by atoms with Crippen LogP contribution in [0.1, 0.15) is 16.7 Å². The number of phenolic OH excluding ortho intramolecular Hbond substituents is 3. The van der Waals surface area contributed by atoms with E-state index in [0.29, 0.717) is 45.2 Å². The van der Waals surface area contributed by atoms with Crippen molar-refractivity contribution in [2.24, 2.45) is 0 Å². The normalized spacial score (nSPS) is 10.4. The van der Waals surface area contributed by atoms with Crippen molar-refractivity contribution < 1.29 is 59.2 Å². The zero-order chi connectivity index (χ0) is 46.7. The minimum atomic E-state index is -0.858. The molecule has 0 fully saturated rings. The Labute approximate surface area is 483 Å². The SMILES string of the molecule is O=C(O)Cc1cc(I)c(Oc2ccc(O)c(I)c2)c(I)c1.O=C(O)Cc1cc(I)c(Oc2ccc(O)c(I)c2)c(I)c1.O=C(O)Cc1cc(I)c(Oc2ccc(O)c(I)c2)c(I)c1. The Hall–Kier alpha value is -0.900. The second-order valence-electron chi connectivity index (χ2n) is 12.5. The Morgan fingerprint density at radius 3 is 0.730 bits per heavy atom. The molecule has 0 heterocycles. The monoisotopic (exact) mass is 1870 g/mol. The van der Waals surface area contributed by atoms with Gasteiger partial charge in [-0.15, -0.1) is 0 Å². The number of rotatable bonds is 12. The van der Waals surface area contributed by atoms with Gasteiger partial charge in [-0.1, -0.05) is 0 Å². The van der Waals surface area contributed by atoms with Gasteiger partial charge in [-0.25, -0.2) is 0 Å². The van der Waals surface area contributed by atoms with Crippen LogP contribution in [-0.4, -0.2) is 48.5 Å². The maximum atomic E-state index is 10.8. The summed E-state index contributed by atoms with van der Waals surface area (Å²) in [6.45, 7) is 0. The Balaban J connectivity index is 0.000000207. The molecule has 330 valence electrons. The van der Waals surface area contributed by atoms with Crippen LogP contribution in [0.25, 0.3) is 0 Å². The maximum absolute atomic E-state index is 10.8. The van der Waals surface area contributed by atoms with Crippen LogP contribution in [0.5, 0.6) is 51.7 Å². The molecule has 0 aliphatic carbocycles. The molecule has 21 heteroatoms. The van der Waals surface area contributed by atoms with Gasteiger partial charge in [-0.05, 0) is 311 Å². The van der Waals surface area contributed by atoms with E-state index in [1.807, 2.05) is 67.8 Å². The van der Waals surface area contributed by atoms with Crippen LogP contribution in [0, 0.1) is 32.1 Å². The number of carboxylic acids is 3. The minimum Gasteiger partial charge on any atom is -0.507 e. The molecule has 0 unspecified atom stereocenters. The predicted molar refractivity (Wildman–Crippen MR) is 312 cm³/mol. The van der Waals surface area contributed by atoms with Crippen molar-refractivity contribution in [3.63, 3.8) is 0 Å². The molecular weight excluding hydrogens is 1840 g/mol. The summed E-state index contributed by atoms with van der Waals surface area (Å²) < 4.78 is 24.8. The van der Waals surface area contributed by atoms with Crippen molar-refractivity contribution in [1.82, 2.24) is 0 Å². The van der Waals surface area contributed by atoms with Crippen molar-refractivity contribution in [3.05, 3.63) is 140 Å². The molecule has 12 nitrogen and oxygen atoms in total. The third kappa shape index (κ3) is 17.6. The number of aromatic hydroxyl groups is 3. The lowest BCUT2D eigenvalue weighted by Gasteiger charge is -2.12. The number of halogens is 9. The van der Waals surface area contributed by atoms with Gasteiger partial charge in [0.1, 0.15) is 34.5 Å². The van der Waals surface area contributed by atoms with E-state index in [1.165, 1.54) is 0 Å². The second kappa shape index (κ2) is 26.0. The standard InChI is InChI=1S/3C14H9I3O4/c3*15-9-6-8(1-2-12(9)18)21-14-10(16)3-7(4-11(14)17)5-13(19)20/h3*1-4,6,18H,5H2,(H,19,20). The van der Waals surface area contributed by atoms with Crippen LogP contribution in [0.4, 0.5) is 0 Å². The highest BCUT2D eigenvalue weighted by Crippen LogP contribution is 2.38. The van der Waals surface area contributed by atoms with Gasteiger partial charge in [0.05, 0.1) is 51.4 Å². The van der Waals surface area contributed by atoms with Crippen LogP contribution < -0.4 is 14.2 Å². The summed E-state index contributed by atoms with van der Waals surface area (Å²) in [4.78, 5) is 32.3. The highest BCUT2D eigenvalue weighted by atomic mass is 127. The molecule has 6 aromatic carbocycles. The maximum Gasteiger partial charge on any atom is 0.307 e. The summed E-state index contributed by atoms with van der Waals surface area (Å²) in [6, 6.07) is 25.9. The number of carboxylic acid groups (broad SMARTS) is 3. The first-order chi connectivity index (χ1) is 29.6. The van der Waals surface area contributed by atoms with Gasteiger partial charge in [-0.2, -0.15) is 0 Å². The van der Waals surface area contributed by atoms with E-state index in [-0.39, 0.29) is 36.5 Å². The highest BCUT2D eigenvalue weighted by molar-refractivity contribution is 14.1. The third-order valence-corrected chi connectivity index (χ3v) is 15.1. The molecule has 6 rings (SSSR count). The van der Waals surface area contributed by atoms with Gasteiger partial charge in [0, 0.05) is 0 Å². The number of ether oxygens (including phenoxy) is 3. The summed E-state index contributed by atoms with van der Waals surface area (Å²) in [6.07, 6.45) is -0.0316. The van der Waals surface area contributed by atoms with Crippen LogP contribution in [-0.2, 0) is 33.6 Å². The van der Waals surface area contributed by atoms with Crippen LogP contribution in [0.3, 0.4) is 0 Å². The van der Waals surface area contributed by atoms with Crippen LogP contribution in [0.2, 0.25) is 0 Å². The van der Waals surface area contributed by atoms with Gasteiger partial charge in [0.25, 0.3) is 0 Å². The Morgan fingerprint density at radius 2 is 0.556 bits per heavy atom. The van der Waals surface area contributed by atoms with Gasteiger partial charge < -0.3 is 44.8 Å². The number of hydrogen-bond acceptors (Lipinski definition) is 9. The number of benzene rings is 6. The lowest BCUT2D eigenvalue weighted by Crippen LogP contribution is -2.02. The smallest absolute Gasteiger partial charge is 0.307 e. The molecule has 0 atom stereocenters. The van der Waals surface area contributed by atoms with Crippen molar-refractivity contribution >= 4 is 221 Å². The Morgan fingerprint density at radius 1 is 0.349 bits per heavy atom. The molecule has 0 saturated carbocycles. The largest absolute Gasteiger partial charge is 0.507 e. The molecule has 0 spiro atoms. The second-order valence-corrected chi connectivity index (χ2v) is 23.0. The van der Waals surface area contributed by atoms with Gasteiger partial charge in [0.2, 0.25) is 0 Å². The highest BCUT2D eigenvalue weighted by Gasteiger charge is 2.16. The fourth-order valence-corrected chi connectivity index (χ4v) is 12.8. The molecular formula is C42H27I9O12. The first-order valence-electron chi connectivity index (χ1n) is 17.2. The van der Waals surface area contributed by atoms with E-state index < -0.39 is 17.9 Å². The number of phenols is 3. The van der Waals surface area contributed by atoms with Gasteiger partial charge >= 0.3 is 17.9 Å². The predicted octanol–water partition coefficient (Wildman–Crippen LogP) is 13.9. The van der Waals surface area contributed by atoms with E-state index in [4.69, 9.17) is 29.5 Å². The molecule has 6 N–H and O–H groups in total. The molecule has 0 aromatic heterocycles.